The largest absolute Gasteiger partial charge is 0.508 e. The molecule has 3 unspecified atom stereocenters. The van der Waals surface area contributed by atoms with E-state index in [2.05, 4.69) is 0 Å². The fourth-order valence-corrected chi connectivity index (χ4v) is 3.63. The summed E-state index contributed by atoms with van der Waals surface area (Å²) < 4.78 is 11.3. The van der Waals surface area contributed by atoms with Gasteiger partial charge in [-0.2, -0.15) is 5.26 Å². The second kappa shape index (κ2) is 8.36. The van der Waals surface area contributed by atoms with Crippen molar-refractivity contribution in [1.82, 2.24) is 0 Å². The van der Waals surface area contributed by atoms with Crippen LogP contribution < -0.4 is 4.74 Å². The molecule has 0 heterocycles. The third-order valence-corrected chi connectivity index (χ3v) is 5.29. The number of allylic oxidation sites excluding steroid dienone is 1. The standard InChI is InChI=1S/C22H19Cl2NO4/c1-22(2)17(11-19(23)24)20(22)21(27)29-18(12-25)13-5-3-7-15(9-13)28-16-8-4-6-14(26)10-16/h3-11,17-18,20,26H,1-2H3. The highest BCUT2D eigenvalue weighted by Crippen LogP contribution is 2.60. The number of hydrogen-bond donors (Lipinski definition) is 1. The van der Waals surface area contributed by atoms with Gasteiger partial charge >= 0.3 is 5.97 Å². The predicted octanol–water partition coefficient (Wildman–Crippen LogP) is 5.88. The van der Waals surface area contributed by atoms with E-state index in [1.165, 1.54) is 12.1 Å². The fraction of sp³-hybridized carbons (Fsp3) is 0.273. The van der Waals surface area contributed by atoms with Crippen LogP contribution in [-0.4, -0.2) is 11.1 Å². The van der Waals surface area contributed by atoms with Crippen LogP contribution in [0.25, 0.3) is 0 Å². The van der Waals surface area contributed by atoms with Crippen LogP contribution in [0.15, 0.2) is 59.1 Å². The van der Waals surface area contributed by atoms with E-state index in [0.717, 1.165) is 0 Å². The van der Waals surface area contributed by atoms with Crippen molar-refractivity contribution in [3.05, 3.63) is 64.7 Å². The van der Waals surface area contributed by atoms with Gasteiger partial charge in [0, 0.05) is 11.6 Å². The Morgan fingerprint density at radius 2 is 1.86 bits per heavy atom. The molecular formula is C22H19Cl2NO4. The summed E-state index contributed by atoms with van der Waals surface area (Å²) in [6, 6.07) is 15.1. The van der Waals surface area contributed by atoms with Crippen LogP contribution in [0.4, 0.5) is 0 Å². The lowest BCUT2D eigenvalue weighted by Gasteiger charge is -2.13. The van der Waals surface area contributed by atoms with Crippen LogP contribution in [0, 0.1) is 28.6 Å². The van der Waals surface area contributed by atoms with Crippen molar-refractivity contribution >= 4 is 29.2 Å². The van der Waals surface area contributed by atoms with Crippen molar-refractivity contribution in [1.29, 1.82) is 5.26 Å². The first-order valence-electron chi connectivity index (χ1n) is 8.92. The molecule has 3 atom stereocenters. The van der Waals surface area contributed by atoms with E-state index >= 15 is 0 Å². The molecule has 2 aromatic rings. The summed E-state index contributed by atoms with van der Waals surface area (Å²) in [6.07, 6.45) is 0.544. The number of hydrogen-bond acceptors (Lipinski definition) is 5. The van der Waals surface area contributed by atoms with Crippen molar-refractivity contribution in [2.75, 3.05) is 0 Å². The molecule has 2 aromatic carbocycles. The second-order valence-corrected chi connectivity index (χ2v) is 8.41. The van der Waals surface area contributed by atoms with Crippen molar-refractivity contribution in [3.8, 4) is 23.3 Å². The number of phenolic OH excluding ortho intramolecular Hbond substituents is 1. The molecule has 1 fully saturated rings. The number of carbonyl (C=O) groups is 1. The van der Waals surface area contributed by atoms with Crippen molar-refractivity contribution in [3.63, 3.8) is 0 Å². The maximum absolute atomic E-state index is 12.6. The Labute approximate surface area is 179 Å². The highest BCUT2D eigenvalue weighted by molar-refractivity contribution is 6.55. The summed E-state index contributed by atoms with van der Waals surface area (Å²) in [5.41, 5.74) is 0.145. The maximum atomic E-state index is 12.6. The van der Waals surface area contributed by atoms with Gasteiger partial charge in [0.15, 0.2) is 0 Å². The van der Waals surface area contributed by atoms with Crippen molar-refractivity contribution in [2.45, 2.75) is 20.0 Å². The third-order valence-electron chi connectivity index (χ3n) is 5.04. The van der Waals surface area contributed by atoms with Gasteiger partial charge in [-0.15, -0.1) is 0 Å². The topological polar surface area (TPSA) is 79.6 Å². The number of rotatable bonds is 6. The first-order valence-corrected chi connectivity index (χ1v) is 9.67. The summed E-state index contributed by atoms with van der Waals surface area (Å²) in [5, 5.41) is 19.1. The average Bonchev–Trinajstić information content (AvgIpc) is 3.19. The lowest BCUT2D eigenvalue weighted by molar-refractivity contribution is -0.149. The molecule has 0 radical (unpaired) electrons. The molecular weight excluding hydrogens is 413 g/mol. The molecule has 0 bridgehead atoms. The highest BCUT2D eigenvalue weighted by atomic mass is 35.5. The number of benzene rings is 2. The zero-order valence-electron chi connectivity index (χ0n) is 15.8. The Morgan fingerprint density at radius 1 is 1.21 bits per heavy atom. The molecule has 1 aliphatic rings. The van der Waals surface area contributed by atoms with E-state index in [9.17, 15) is 15.2 Å². The molecule has 29 heavy (non-hydrogen) atoms. The van der Waals surface area contributed by atoms with Crippen LogP contribution in [0.1, 0.15) is 25.5 Å². The summed E-state index contributed by atoms with van der Waals surface area (Å²) in [5.74, 6) is -0.0601. The smallest absolute Gasteiger partial charge is 0.311 e. The Kier molecular flexibility index (Phi) is 6.07. The number of nitrogens with zero attached hydrogens (tertiary/aromatic N) is 1. The molecule has 1 saturated carbocycles. The quantitative estimate of drug-likeness (QED) is 0.577. The maximum Gasteiger partial charge on any atom is 0.311 e. The molecule has 1 N–H and O–H groups in total. The number of aromatic hydroxyl groups is 1. The Bertz CT molecular complexity index is 992. The molecule has 3 rings (SSSR count). The molecule has 0 aromatic heterocycles. The van der Waals surface area contributed by atoms with Gasteiger partial charge in [-0.1, -0.05) is 55.2 Å². The monoisotopic (exact) mass is 431 g/mol. The fourth-order valence-electron chi connectivity index (χ4n) is 3.36. The average molecular weight is 432 g/mol. The minimum atomic E-state index is -1.08. The molecule has 0 spiro atoms. The summed E-state index contributed by atoms with van der Waals surface area (Å²) in [6.45, 7) is 3.84. The normalized spacial score (nSPS) is 20.1. The minimum absolute atomic E-state index is 0.0789. The van der Waals surface area contributed by atoms with Gasteiger partial charge in [0.2, 0.25) is 6.10 Å². The SMILES string of the molecule is CC1(C)C(C=C(Cl)Cl)C1C(=O)OC(C#N)c1cccc(Oc2cccc(O)c2)c1. The van der Waals surface area contributed by atoms with Gasteiger partial charge < -0.3 is 14.6 Å². The van der Waals surface area contributed by atoms with Gasteiger partial charge in [-0.3, -0.25) is 4.79 Å². The van der Waals surface area contributed by atoms with E-state index in [0.29, 0.717) is 17.1 Å². The zero-order chi connectivity index (χ0) is 21.2. The molecule has 5 nitrogen and oxygen atoms in total. The Balaban J connectivity index is 1.73. The first-order chi connectivity index (χ1) is 13.7. The third kappa shape index (κ3) is 4.84. The molecule has 7 heteroatoms. The number of ether oxygens (including phenoxy) is 2. The highest BCUT2D eigenvalue weighted by Gasteiger charge is 2.62. The number of carbonyl (C=O) groups excluding carboxylic acids is 1. The van der Waals surface area contributed by atoms with Crippen LogP contribution >= 0.6 is 23.2 Å². The first kappa shape index (κ1) is 21.0. The van der Waals surface area contributed by atoms with Crippen LogP contribution in [0.2, 0.25) is 0 Å². The van der Waals surface area contributed by atoms with E-state index in [1.807, 2.05) is 19.9 Å². The molecule has 1 aliphatic carbocycles. The van der Waals surface area contributed by atoms with Crippen LogP contribution in [0.3, 0.4) is 0 Å². The van der Waals surface area contributed by atoms with E-state index in [4.69, 9.17) is 32.7 Å². The van der Waals surface area contributed by atoms with Gasteiger partial charge in [0.1, 0.15) is 27.8 Å². The van der Waals surface area contributed by atoms with E-state index in [-0.39, 0.29) is 21.6 Å². The number of phenols is 1. The predicted molar refractivity (Wildman–Crippen MR) is 110 cm³/mol. The summed E-state index contributed by atoms with van der Waals surface area (Å²) in [4.78, 5) is 12.6. The zero-order valence-corrected chi connectivity index (χ0v) is 17.3. The van der Waals surface area contributed by atoms with Crippen LogP contribution in [0.5, 0.6) is 17.2 Å². The van der Waals surface area contributed by atoms with Crippen LogP contribution in [-0.2, 0) is 9.53 Å². The second-order valence-electron chi connectivity index (χ2n) is 7.40. The van der Waals surface area contributed by atoms with E-state index in [1.54, 1.807) is 42.5 Å². The summed E-state index contributed by atoms with van der Waals surface area (Å²) in [7, 11) is 0. The number of nitriles is 1. The van der Waals surface area contributed by atoms with Gasteiger partial charge in [-0.25, -0.2) is 0 Å². The number of halogens is 2. The minimum Gasteiger partial charge on any atom is -0.508 e. The summed E-state index contributed by atoms with van der Waals surface area (Å²) >= 11 is 11.5. The number of esters is 1. The Morgan fingerprint density at radius 3 is 2.48 bits per heavy atom. The van der Waals surface area contributed by atoms with E-state index < -0.39 is 18.0 Å². The Hall–Kier alpha value is -2.68. The van der Waals surface area contributed by atoms with Gasteiger partial charge in [-0.05, 0) is 41.7 Å². The van der Waals surface area contributed by atoms with Gasteiger partial charge in [0.25, 0.3) is 0 Å². The van der Waals surface area contributed by atoms with Crippen molar-refractivity contribution < 1.29 is 19.4 Å². The molecule has 0 amide bonds. The lowest BCUT2D eigenvalue weighted by Crippen LogP contribution is -2.14. The molecule has 0 saturated heterocycles. The molecule has 150 valence electrons. The van der Waals surface area contributed by atoms with Crippen molar-refractivity contribution in [2.24, 2.45) is 17.3 Å². The lowest BCUT2D eigenvalue weighted by atomic mass is 10.1. The molecule has 0 aliphatic heterocycles. The van der Waals surface area contributed by atoms with Gasteiger partial charge in [0.05, 0.1) is 5.92 Å².